The van der Waals surface area contributed by atoms with Gasteiger partial charge in [0.1, 0.15) is 0 Å². The third-order valence-electron chi connectivity index (χ3n) is 3.03. The highest BCUT2D eigenvalue weighted by molar-refractivity contribution is 9.10. The molecule has 1 fully saturated rings. The van der Waals surface area contributed by atoms with E-state index in [1.54, 1.807) is 6.07 Å². The highest BCUT2D eigenvalue weighted by Crippen LogP contribution is 2.28. The highest BCUT2D eigenvalue weighted by Gasteiger charge is 2.28. The molecule has 0 spiro atoms. The third-order valence-corrected chi connectivity index (χ3v) is 3.68. The van der Waals surface area contributed by atoms with Crippen LogP contribution in [0.1, 0.15) is 28.8 Å². The Morgan fingerprint density at radius 2 is 1.95 bits per heavy atom. The number of nitrogens with one attached hydrogen (secondary N) is 2. The summed E-state index contributed by atoms with van der Waals surface area (Å²) in [4.78, 5) is 23.3. The van der Waals surface area contributed by atoms with Crippen LogP contribution in [0.15, 0.2) is 22.7 Å². The Balaban J connectivity index is 1.75. The molecule has 1 aliphatic rings. The Morgan fingerprint density at radius 1 is 1.26 bits per heavy atom. The summed E-state index contributed by atoms with van der Waals surface area (Å²) in [5, 5.41) is 5.60. The Kier molecular flexibility index (Phi) is 4.58. The number of hydrogen-bond acceptors (Lipinski definition) is 2. The van der Waals surface area contributed by atoms with E-state index in [4.69, 9.17) is 0 Å². The van der Waals surface area contributed by atoms with E-state index >= 15 is 0 Å². The minimum Gasteiger partial charge on any atom is -0.354 e. The van der Waals surface area contributed by atoms with Crippen molar-refractivity contribution >= 4 is 27.7 Å². The molecule has 2 N–H and O–H groups in total. The van der Waals surface area contributed by atoms with Gasteiger partial charge in [-0.05, 0) is 53.4 Å². The number of amides is 2. The molecular weight excluding hydrogens is 308 g/mol. The zero-order valence-corrected chi connectivity index (χ0v) is 12.4. The molecule has 5 heteroatoms. The van der Waals surface area contributed by atoms with Crippen molar-refractivity contribution in [2.75, 3.05) is 13.1 Å². The fraction of sp³-hybridized carbons (Fsp3) is 0.429. The minimum absolute atomic E-state index is 0.103. The maximum Gasteiger partial charge on any atom is 0.252 e. The first-order chi connectivity index (χ1) is 9.08. The number of halogens is 1. The molecule has 2 rings (SSSR count). The molecule has 2 amide bonds. The number of aryl methyl sites for hydroxylation is 1. The van der Waals surface area contributed by atoms with E-state index in [-0.39, 0.29) is 17.7 Å². The molecule has 1 saturated carbocycles. The third kappa shape index (κ3) is 4.06. The van der Waals surface area contributed by atoms with Gasteiger partial charge >= 0.3 is 0 Å². The molecule has 4 nitrogen and oxygen atoms in total. The molecule has 1 aromatic carbocycles. The van der Waals surface area contributed by atoms with Gasteiger partial charge in [0.15, 0.2) is 0 Å². The second kappa shape index (κ2) is 6.19. The van der Waals surface area contributed by atoms with Crippen molar-refractivity contribution in [1.82, 2.24) is 10.6 Å². The van der Waals surface area contributed by atoms with Gasteiger partial charge in [-0.1, -0.05) is 6.07 Å². The van der Waals surface area contributed by atoms with Gasteiger partial charge in [-0.15, -0.1) is 0 Å². The van der Waals surface area contributed by atoms with Crippen LogP contribution < -0.4 is 10.6 Å². The Morgan fingerprint density at radius 3 is 2.58 bits per heavy atom. The topological polar surface area (TPSA) is 58.2 Å². The molecule has 0 unspecified atom stereocenters. The first kappa shape index (κ1) is 14.1. The lowest BCUT2D eigenvalue weighted by Crippen LogP contribution is -2.35. The van der Waals surface area contributed by atoms with E-state index < -0.39 is 0 Å². The van der Waals surface area contributed by atoms with Crippen LogP contribution in [-0.2, 0) is 4.79 Å². The van der Waals surface area contributed by atoms with Crippen LogP contribution in [0.5, 0.6) is 0 Å². The van der Waals surface area contributed by atoms with Gasteiger partial charge in [0.05, 0.1) is 5.56 Å². The van der Waals surface area contributed by atoms with Gasteiger partial charge in [-0.3, -0.25) is 9.59 Å². The molecule has 0 aromatic heterocycles. The van der Waals surface area contributed by atoms with Gasteiger partial charge in [-0.25, -0.2) is 0 Å². The first-order valence-electron chi connectivity index (χ1n) is 6.40. The standard InChI is InChI=1S/C14H17BrN2O2/c1-9-2-5-11(12(15)8-9)14(19)17-7-6-16-13(18)10-3-4-10/h2,5,8,10H,3-4,6-7H2,1H3,(H,16,18)(H,17,19). The average molecular weight is 325 g/mol. The lowest BCUT2D eigenvalue weighted by Gasteiger charge is -2.08. The number of rotatable bonds is 5. The van der Waals surface area contributed by atoms with Crippen LogP contribution >= 0.6 is 15.9 Å². The lowest BCUT2D eigenvalue weighted by molar-refractivity contribution is -0.122. The number of hydrogen-bond donors (Lipinski definition) is 2. The second-order valence-corrected chi connectivity index (χ2v) is 5.66. The zero-order chi connectivity index (χ0) is 13.8. The molecular formula is C14H17BrN2O2. The van der Waals surface area contributed by atoms with Crippen LogP contribution in [0.4, 0.5) is 0 Å². The molecule has 1 aromatic rings. The predicted molar refractivity (Wildman–Crippen MR) is 76.9 cm³/mol. The molecule has 0 aliphatic heterocycles. The van der Waals surface area contributed by atoms with Crippen molar-refractivity contribution in [1.29, 1.82) is 0 Å². The number of benzene rings is 1. The van der Waals surface area contributed by atoms with Crippen LogP contribution in [-0.4, -0.2) is 24.9 Å². The molecule has 102 valence electrons. The molecule has 0 saturated heterocycles. The predicted octanol–water partition coefficient (Wildman–Crippen LogP) is 2.01. The Labute approximate surface area is 121 Å². The normalized spacial score (nSPS) is 14.0. The van der Waals surface area contributed by atoms with E-state index in [1.807, 2.05) is 19.1 Å². The summed E-state index contributed by atoms with van der Waals surface area (Å²) in [7, 11) is 0. The van der Waals surface area contributed by atoms with Crippen LogP contribution in [0.2, 0.25) is 0 Å². The number of carbonyl (C=O) groups is 2. The fourth-order valence-corrected chi connectivity index (χ4v) is 2.42. The molecule has 0 bridgehead atoms. The summed E-state index contributed by atoms with van der Waals surface area (Å²) in [5.41, 5.74) is 1.71. The second-order valence-electron chi connectivity index (χ2n) is 4.80. The summed E-state index contributed by atoms with van der Waals surface area (Å²) in [5.74, 6) is 0.181. The Bertz CT molecular complexity index is 498. The molecule has 0 radical (unpaired) electrons. The van der Waals surface area contributed by atoms with Crippen molar-refractivity contribution in [3.8, 4) is 0 Å². The monoisotopic (exact) mass is 324 g/mol. The first-order valence-corrected chi connectivity index (χ1v) is 7.19. The largest absolute Gasteiger partial charge is 0.354 e. The maximum absolute atomic E-state index is 11.9. The zero-order valence-electron chi connectivity index (χ0n) is 10.8. The fourth-order valence-electron chi connectivity index (χ4n) is 1.75. The van der Waals surface area contributed by atoms with Gasteiger partial charge in [0.25, 0.3) is 5.91 Å². The summed E-state index contributed by atoms with van der Waals surface area (Å²) in [6, 6.07) is 5.59. The molecule has 0 atom stereocenters. The van der Waals surface area contributed by atoms with E-state index in [0.29, 0.717) is 18.7 Å². The van der Waals surface area contributed by atoms with Crippen LogP contribution in [0, 0.1) is 12.8 Å². The maximum atomic E-state index is 11.9. The van der Waals surface area contributed by atoms with E-state index in [1.165, 1.54) is 0 Å². The van der Waals surface area contributed by atoms with Crippen molar-refractivity contribution in [3.05, 3.63) is 33.8 Å². The van der Waals surface area contributed by atoms with Gasteiger partial charge < -0.3 is 10.6 Å². The molecule has 0 heterocycles. The van der Waals surface area contributed by atoms with Crippen molar-refractivity contribution < 1.29 is 9.59 Å². The SMILES string of the molecule is Cc1ccc(C(=O)NCCNC(=O)C2CC2)c(Br)c1. The van der Waals surface area contributed by atoms with Crippen molar-refractivity contribution in [2.45, 2.75) is 19.8 Å². The van der Waals surface area contributed by atoms with Crippen molar-refractivity contribution in [2.24, 2.45) is 5.92 Å². The van der Waals surface area contributed by atoms with Crippen molar-refractivity contribution in [3.63, 3.8) is 0 Å². The highest BCUT2D eigenvalue weighted by atomic mass is 79.9. The minimum atomic E-state index is -0.132. The summed E-state index contributed by atoms with van der Waals surface area (Å²) >= 11 is 3.38. The van der Waals surface area contributed by atoms with Gasteiger partial charge in [0, 0.05) is 23.5 Å². The summed E-state index contributed by atoms with van der Waals surface area (Å²) in [6.07, 6.45) is 1.99. The van der Waals surface area contributed by atoms with E-state index in [2.05, 4.69) is 26.6 Å². The lowest BCUT2D eigenvalue weighted by atomic mass is 10.1. The molecule has 19 heavy (non-hydrogen) atoms. The number of carbonyl (C=O) groups excluding carboxylic acids is 2. The van der Waals surface area contributed by atoms with E-state index in [0.717, 1.165) is 22.9 Å². The average Bonchev–Trinajstić information content (AvgIpc) is 3.18. The summed E-state index contributed by atoms with van der Waals surface area (Å²) < 4.78 is 0.784. The molecule has 1 aliphatic carbocycles. The van der Waals surface area contributed by atoms with Crippen LogP contribution in [0.3, 0.4) is 0 Å². The van der Waals surface area contributed by atoms with E-state index in [9.17, 15) is 9.59 Å². The summed E-state index contributed by atoms with van der Waals surface area (Å²) in [6.45, 7) is 2.89. The Hall–Kier alpha value is -1.36. The smallest absolute Gasteiger partial charge is 0.252 e. The van der Waals surface area contributed by atoms with Gasteiger partial charge in [-0.2, -0.15) is 0 Å². The quantitative estimate of drug-likeness (QED) is 0.814. The van der Waals surface area contributed by atoms with Crippen LogP contribution in [0.25, 0.3) is 0 Å². The van der Waals surface area contributed by atoms with Gasteiger partial charge in [0.2, 0.25) is 5.91 Å².